The second-order valence-electron chi connectivity index (χ2n) is 6.70. The molecule has 0 unspecified atom stereocenters. The van der Waals surface area contributed by atoms with Crippen LogP contribution in [0.5, 0.6) is 0 Å². The standard InChI is InChI=1S/C21H18ClN5O5S/c1-14(28)24-16-8-6-15(7-9-16)13-23-25-20-11-10-17(27(29)30)12-21(20)33(31,32)26-19-5-3-2-4-18(19)22/h2-13,25-26H,1H3,(H,24,28)/b23-13+. The maximum absolute atomic E-state index is 13.0. The molecule has 0 radical (unpaired) electrons. The summed E-state index contributed by atoms with van der Waals surface area (Å²) in [5.41, 5.74) is 3.62. The number of nitrogens with zero attached hydrogens (tertiary/aromatic N) is 2. The van der Waals surface area contributed by atoms with Crippen LogP contribution in [0.15, 0.2) is 76.7 Å². The number of non-ortho nitro benzene ring substituents is 1. The van der Waals surface area contributed by atoms with E-state index in [1.807, 2.05) is 0 Å². The molecule has 0 fully saturated rings. The van der Waals surface area contributed by atoms with Gasteiger partial charge in [-0.3, -0.25) is 25.1 Å². The molecule has 12 heteroatoms. The number of nitro groups is 1. The zero-order chi connectivity index (χ0) is 24.0. The zero-order valence-corrected chi connectivity index (χ0v) is 18.7. The van der Waals surface area contributed by atoms with E-state index in [0.717, 1.165) is 12.1 Å². The maximum Gasteiger partial charge on any atom is 0.270 e. The van der Waals surface area contributed by atoms with Gasteiger partial charge in [0.1, 0.15) is 4.90 Å². The van der Waals surface area contributed by atoms with E-state index in [-0.39, 0.29) is 27.2 Å². The van der Waals surface area contributed by atoms with Gasteiger partial charge in [0, 0.05) is 24.7 Å². The normalized spacial score (nSPS) is 11.2. The van der Waals surface area contributed by atoms with Crippen LogP contribution in [-0.4, -0.2) is 25.5 Å². The Kier molecular flexibility index (Phi) is 7.26. The molecule has 0 saturated heterocycles. The molecule has 0 bridgehead atoms. The predicted molar refractivity (Wildman–Crippen MR) is 127 cm³/mol. The quantitative estimate of drug-likeness (QED) is 0.243. The van der Waals surface area contributed by atoms with E-state index in [1.54, 1.807) is 36.4 Å². The third-order valence-electron chi connectivity index (χ3n) is 4.21. The Bertz CT molecular complexity index is 1330. The number of nitro benzene ring substituents is 1. The highest BCUT2D eigenvalue weighted by atomic mass is 35.5. The molecule has 1 amide bonds. The number of hydrogen-bond acceptors (Lipinski definition) is 7. The van der Waals surface area contributed by atoms with E-state index in [0.29, 0.717) is 11.3 Å². The van der Waals surface area contributed by atoms with Crippen LogP contribution in [0.25, 0.3) is 0 Å². The van der Waals surface area contributed by atoms with Crippen LogP contribution in [0, 0.1) is 10.1 Å². The molecule has 0 aromatic heterocycles. The molecule has 33 heavy (non-hydrogen) atoms. The third-order valence-corrected chi connectivity index (χ3v) is 5.95. The fourth-order valence-corrected chi connectivity index (χ4v) is 4.21. The maximum atomic E-state index is 13.0. The van der Waals surface area contributed by atoms with Crippen molar-refractivity contribution in [2.75, 3.05) is 15.5 Å². The smallest absolute Gasteiger partial charge is 0.270 e. The summed E-state index contributed by atoms with van der Waals surface area (Å²) >= 11 is 6.03. The lowest BCUT2D eigenvalue weighted by molar-refractivity contribution is -0.385. The van der Waals surface area contributed by atoms with E-state index < -0.39 is 20.6 Å². The van der Waals surface area contributed by atoms with Crippen molar-refractivity contribution >= 4 is 56.5 Å². The third kappa shape index (κ3) is 6.28. The molecule has 0 aliphatic heterocycles. The largest absolute Gasteiger partial charge is 0.326 e. The van der Waals surface area contributed by atoms with E-state index in [4.69, 9.17) is 11.6 Å². The van der Waals surface area contributed by atoms with Gasteiger partial charge in [0.2, 0.25) is 5.91 Å². The number of halogens is 1. The van der Waals surface area contributed by atoms with Crippen molar-refractivity contribution < 1.29 is 18.1 Å². The number of benzene rings is 3. The summed E-state index contributed by atoms with van der Waals surface area (Å²) < 4.78 is 28.3. The monoisotopic (exact) mass is 487 g/mol. The Labute approximate surface area is 194 Å². The summed E-state index contributed by atoms with van der Waals surface area (Å²) in [6, 6.07) is 16.3. The Morgan fingerprint density at radius 3 is 2.39 bits per heavy atom. The van der Waals surface area contributed by atoms with Crippen molar-refractivity contribution in [2.45, 2.75) is 11.8 Å². The minimum absolute atomic E-state index is 0.0197. The molecule has 3 rings (SSSR count). The number of sulfonamides is 1. The van der Waals surface area contributed by atoms with E-state index >= 15 is 0 Å². The number of carbonyl (C=O) groups excluding carboxylic acids is 1. The lowest BCUT2D eigenvalue weighted by atomic mass is 10.2. The number of anilines is 3. The Hall–Kier alpha value is -3.96. The number of carbonyl (C=O) groups is 1. The minimum Gasteiger partial charge on any atom is -0.326 e. The number of hydrogen-bond donors (Lipinski definition) is 3. The average Bonchev–Trinajstić information content (AvgIpc) is 2.76. The van der Waals surface area contributed by atoms with Gasteiger partial charge in [-0.2, -0.15) is 5.10 Å². The number of rotatable bonds is 8. The minimum atomic E-state index is -4.25. The molecule has 3 aromatic carbocycles. The summed E-state index contributed by atoms with van der Waals surface area (Å²) in [7, 11) is -4.25. The fraction of sp³-hybridized carbons (Fsp3) is 0.0476. The first kappa shape index (κ1) is 23.7. The lowest BCUT2D eigenvalue weighted by Gasteiger charge is -2.13. The Morgan fingerprint density at radius 1 is 1.06 bits per heavy atom. The van der Waals surface area contributed by atoms with Crippen LogP contribution >= 0.6 is 11.6 Å². The number of amides is 1. The molecule has 170 valence electrons. The first-order chi connectivity index (χ1) is 15.7. The van der Waals surface area contributed by atoms with Crippen LogP contribution in [0.2, 0.25) is 5.02 Å². The summed E-state index contributed by atoms with van der Waals surface area (Å²) in [6.45, 7) is 1.40. The highest BCUT2D eigenvalue weighted by molar-refractivity contribution is 7.93. The van der Waals surface area contributed by atoms with Crippen molar-refractivity contribution in [3.05, 3.63) is 87.4 Å². The summed E-state index contributed by atoms with van der Waals surface area (Å²) in [5.74, 6) is -0.199. The number of hydrazone groups is 1. The van der Waals surface area contributed by atoms with Crippen molar-refractivity contribution in [3.8, 4) is 0 Å². The van der Waals surface area contributed by atoms with Crippen molar-refractivity contribution in [1.29, 1.82) is 0 Å². The first-order valence-electron chi connectivity index (χ1n) is 9.38. The van der Waals surface area contributed by atoms with Crippen molar-refractivity contribution in [2.24, 2.45) is 5.10 Å². The molecular formula is C21H18ClN5O5S. The highest BCUT2D eigenvalue weighted by Crippen LogP contribution is 2.30. The molecule has 0 spiro atoms. The molecule has 0 heterocycles. The molecule has 0 aliphatic carbocycles. The Balaban J connectivity index is 1.87. The summed E-state index contributed by atoms with van der Waals surface area (Å²) in [6.07, 6.45) is 1.43. The average molecular weight is 488 g/mol. The topological polar surface area (TPSA) is 143 Å². The molecule has 0 aliphatic rings. The second-order valence-corrected chi connectivity index (χ2v) is 8.75. The van der Waals surface area contributed by atoms with Crippen LogP contribution in [0.4, 0.5) is 22.7 Å². The summed E-state index contributed by atoms with van der Waals surface area (Å²) in [5, 5.41) is 18.0. The van der Waals surface area contributed by atoms with Crippen LogP contribution < -0.4 is 15.5 Å². The van der Waals surface area contributed by atoms with Gasteiger partial charge in [-0.25, -0.2) is 8.42 Å². The molecule has 3 aromatic rings. The SMILES string of the molecule is CC(=O)Nc1ccc(/C=N/Nc2ccc([N+](=O)[O-])cc2S(=O)(=O)Nc2ccccc2Cl)cc1. The predicted octanol–water partition coefficient (Wildman–Crippen LogP) is 4.45. The fourth-order valence-electron chi connectivity index (χ4n) is 2.72. The van der Waals surface area contributed by atoms with E-state index in [9.17, 15) is 23.3 Å². The van der Waals surface area contributed by atoms with Crippen LogP contribution in [0.3, 0.4) is 0 Å². The second kappa shape index (κ2) is 10.1. The van der Waals surface area contributed by atoms with E-state index in [2.05, 4.69) is 20.6 Å². The molecule has 0 atom stereocenters. The van der Waals surface area contributed by atoms with Crippen LogP contribution in [0.1, 0.15) is 12.5 Å². The van der Waals surface area contributed by atoms with Gasteiger partial charge < -0.3 is 5.32 Å². The zero-order valence-electron chi connectivity index (χ0n) is 17.2. The molecular weight excluding hydrogens is 470 g/mol. The van der Waals surface area contributed by atoms with Gasteiger partial charge in [-0.05, 0) is 35.9 Å². The molecule has 0 saturated carbocycles. The van der Waals surface area contributed by atoms with Gasteiger partial charge in [0.25, 0.3) is 15.7 Å². The van der Waals surface area contributed by atoms with Crippen molar-refractivity contribution in [1.82, 2.24) is 0 Å². The van der Waals surface area contributed by atoms with Gasteiger partial charge in [-0.15, -0.1) is 0 Å². The van der Waals surface area contributed by atoms with E-state index in [1.165, 1.54) is 31.3 Å². The molecule has 10 nitrogen and oxygen atoms in total. The number of para-hydroxylation sites is 1. The van der Waals surface area contributed by atoms with Gasteiger partial charge in [0.05, 0.1) is 27.5 Å². The first-order valence-corrected chi connectivity index (χ1v) is 11.2. The lowest BCUT2D eigenvalue weighted by Crippen LogP contribution is -2.15. The van der Waals surface area contributed by atoms with Crippen LogP contribution in [-0.2, 0) is 14.8 Å². The number of nitrogens with one attached hydrogen (secondary N) is 3. The van der Waals surface area contributed by atoms with Gasteiger partial charge in [0.15, 0.2) is 0 Å². The highest BCUT2D eigenvalue weighted by Gasteiger charge is 2.23. The Morgan fingerprint density at radius 2 is 1.76 bits per heavy atom. The molecule has 3 N–H and O–H groups in total. The van der Waals surface area contributed by atoms with Gasteiger partial charge in [-0.1, -0.05) is 35.9 Å². The summed E-state index contributed by atoms with van der Waals surface area (Å²) in [4.78, 5) is 21.2. The van der Waals surface area contributed by atoms with Crippen molar-refractivity contribution in [3.63, 3.8) is 0 Å². The van der Waals surface area contributed by atoms with Gasteiger partial charge >= 0.3 is 0 Å².